The van der Waals surface area contributed by atoms with Crippen LogP contribution in [-0.4, -0.2) is 45.9 Å². The number of hydrogen-bond donors (Lipinski definition) is 1. The van der Waals surface area contributed by atoms with Crippen LogP contribution in [0.5, 0.6) is 0 Å². The first-order valence-electron chi connectivity index (χ1n) is 8.03. The summed E-state index contributed by atoms with van der Waals surface area (Å²) in [5, 5.41) is 2.69. The van der Waals surface area contributed by atoms with Crippen molar-refractivity contribution in [1.29, 1.82) is 0 Å². The fourth-order valence-corrected chi connectivity index (χ4v) is 4.54. The first-order chi connectivity index (χ1) is 11.1. The number of carbonyl (C=O) groups excluding carboxylic acids is 1. The Balaban J connectivity index is 1.50. The van der Waals surface area contributed by atoms with E-state index in [0.29, 0.717) is 19.6 Å². The summed E-state index contributed by atoms with van der Waals surface area (Å²) >= 11 is 0. The Morgan fingerprint density at radius 3 is 2.96 bits per heavy atom. The molecular weight excluding hydrogens is 316 g/mol. The van der Waals surface area contributed by atoms with Gasteiger partial charge in [0.05, 0.1) is 24.0 Å². The molecule has 1 N–H and O–H groups in total. The molecule has 1 aromatic rings. The first kappa shape index (κ1) is 16.3. The maximum atomic E-state index is 12.5. The van der Waals surface area contributed by atoms with Crippen molar-refractivity contribution in [3.05, 3.63) is 29.8 Å². The maximum absolute atomic E-state index is 12.5. The first-order valence-corrected chi connectivity index (χ1v) is 9.64. The molecule has 2 aliphatic rings. The Labute approximate surface area is 136 Å². The summed E-state index contributed by atoms with van der Waals surface area (Å²) in [6.07, 6.45) is 2.92. The van der Waals surface area contributed by atoms with Crippen LogP contribution >= 0.6 is 0 Å². The molecule has 0 spiro atoms. The molecule has 0 radical (unpaired) electrons. The zero-order valence-corrected chi connectivity index (χ0v) is 13.8. The van der Waals surface area contributed by atoms with Crippen LogP contribution in [0.4, 0.5) is 5.69 Å². The normalized spacial score (nSPS) is 20.5. The summed E-state index contributed by atoms with van der Waals surface area (Å²) in [7, 11) is -3.41. The van der Waals surface area contributed by atoms with Crippen molar-refractivity contribution in [3.8, 4) is 0 Å². The lowest BCUT2D eigenvalue weighted by Gasteiger charge is -2.19. The molecular formula is C16H22N2O4S. The number of nitrogens with one attached hydrogen (secondary N) is 1. The van der Waals surface area contributed by atoms with Crippen molar-refractivity contribution >= 4 is 21.6 Å². The number of amides is 1. The number of para-hydroxylation sites is 1. The van der Waals surface area contributed by atoms with Gasteiger partial charge in [-0.3, -0.25) is 9.10 Å². The summed E-state index contributed by atoms with van der Waals surface area (Å²) in [6.45, 7) is 1.32. The molecule has 0 aliphatic carbocycles. The molecule has 2 heterocycles. The van der Waals surface area contributed by atoms with Crippen molar-refractivity contribution in [2.45, 2.75) is 31.8 Å². The number of sulfonamides is 1. The molecule has 0 saturated carbocycles. The van der Waals surface area contributed by atoms with E-state index in [2.05, 4.69) is 5.32 Å². The number of hydrogen-bond acceptors (Lipinski definition) is 4. The van der Waals surface area contributed by atoms with Gasteiger partial charge in [-0.15, -0.1) is 0 Å². The monoisotopic (exact) mass is 338 g/mol. The van der Waals surface area contributed by atoms with E-state index in [1.165, 1.54) is 4.31 Å². The van der Waals surface area contributed by atoms with Crippen molar-refractivity contribution in [1.82, 2.24) is 5.32 Å². The summed E-state index contributed by atoms with van der Waals surface area (Å²) in [5.41, 5.74) is 1.82. The molecule has 0 aromatic heterocycles. The van der Waals surface area contributed by atoms with E-state index in [9.17, 15) is 13.2 Å². The predicted molar refractivity (Wildman–Crippen MR) is 87.9 cm³/mol. The van der Waals surface area contributed by atoms with Crippen LogP contribution in [0.25, 0.3) is 0 Å². The highest BCUT2D eigenvalue weighted by molar-refractivity contribution is 7.92. The largest absolute Gasteiger partial charge is 0.378 e. The average Bonchev–Trinajstić information content (AvgIpc) is 3.16. The topological polar surface area (TPSA) is 75.7 Å². The zero-order valence-electron chi connectivity index (χ0n) is 13.0. The highest BCUT2D eigenvalue weighted by atomic mass is 32.2. The maximum Gasteiger partial charge on any atom is 0.236 e. The molecule has 1 unspecified atom stereocenters. The molecule has 3 rings (SSSR count). The Bertz CT molecular complexity index is 668. The molecule has 2 aliphatic heterocycles. The van der Waals surface area contributed by atoms with E-state index < -0.39 is 10.0 Å². The zero-order chi connectivity index (χ0) is 16.3. The minimum Gasteiger partial charge on any atom is -0.378 e. The molecule has 6 nitrogen and oxygen atoms in total. The Hall–Kier alpha value is -1.60. The van der Waals surface area contributed by atoms with Gasteiger partial charge in [-0.1, -0.05) is 18.2 Å². The van der Waals surface area contributed by atoms with Crippen LogP contribution in [0.3, 0.4) is 0 Å². The van der Waals surface area contributed by atoms with Gasteiger partial charge in [-0.25, -0.2) is 8.42 Å². The highest BCUT2D eigenvalue weighted by Crippen LogP contribution is 2.29. The number of anilines is 1. The lowest BCUT2D eigenvalue weighted by atomic mass is 10.2. The Morgan fingerprint density at radius 2 is 2.17 bits per heavy atom. The van der Waals surface area contributed by atoms with Gasteiger partial charge in [-0.2, -0.15) is 0 Å². The highest BCUT2D eigenvalue weighted by Gasteiger charge is 2.28. The van der Waals surface area contributed by atoms with Crippen LogP contribution in [-0.2, 0) is 26.0 Å². The third kappa shape index (κ3) is 3.84. The number of fused-ring (bicyclic) bond motifs is 1. The Morgan fingerprint density at radius 1 is 1.35 bits per heavy atom. The second kappa shape index (κ2) is 6.88. The smallest absolute Gasteiger partial charge is 0.236 e. The number of benzene rings is 1. The standard InChI is InChI=1S/C16H22N2O4S/c19-16(12-14-5-3-10-22-14)17-8-11-23(20,21)18-9-7-13-4-1-2-6-15(13)18/h1-2,4,6,14H,3,5,7-12H2,(H,17,19). The van der Waals surface area contributed by atoms with Crippen molar-refractivity contribution in [2.24, 2.45) is 0 Å². The van der Waals surface area contributed by atoms with Gasteiger partial charge in [0, 0.05) is 19.7 Å². The molecule has 7 heteroatoms. The number of ether oxygens (including phenoxy) is 1. The van der Waals surface area contributed by atoms with Crippen LogP contribution < -0.4 is 9.62 Å². The van der Waals surface area contributed by atoms with E-state index in [1.54, 1.807) is 0 Å². The van der Waals surface area contributed by atoms with E-state index in [0.717, 1.165) is 30.5 Å². The van der Waals surface area contributed by atoms with Crippen molar-refractivity contribution in [3.63, 3.8) is 0 Å². The lowest BCUT2D eigenvalue weighted by Crippen LogP contribution is -2.37. The fourth-order valence-electron chi connectivity index (χ4n) is 3.11. The molecule has 1 aromatic carbocycles. The van der Waals surface area contributed by atoms with E-state index >= 15 is 0 Å². The van der Waals surface area contributed by atoms with Gasteiger partial charge in [0.25, 0.3) is 0 Å². The predicted octanol–water partition coefficient (Wildman–Crippen LogP) is 1.06. The van der Waals surface area contributed by atoms with Crippen LogP contribution in [0.1, 0.15) is 24.8 Å². The summed E-state index contributed by atoms with van der Waals surface area (Å²) in [4.78, 5) is 11.8. The fraction of sp³-hybridized carbons (Fsp3) is 0.562. The molecule has 1 atom stereocenters. The van der Waals surface area contributed by atoms with Crippen LogP contribution in [0, 0.1) is 0 Å². The summed E-state index contributed by atoms with van der Waals surface area (Å²) < 4.78 is 31.8. The van der Waals surface area contributed by atoms with Gasteiger partial charge < -0.3 is 10.1 Å². The second-order valence-corrected chi connectivity index (χ2v) is 7.97. The third-order valence-electron chi connectivity index (χ3n) is 4.30. The number of carbonyl (C=O) groups is 1. The minimum absolute atomic E-state index is 0.0166. The number of rotatable bonds is 6. The molecule has 23 heavy (non-hydrogen) atoms. The summed E-state index contributed by atoms with van der Waals surface area (Å²) in [5.74, 6) is -0.229. The molecule has 126 valence electrons. The van der Waals surface area contributed by atoms with Crippen molar-refractivity contribution in [2.75, 3.05) is 29.8 Å². The van der Waals surface area contributed by atoms with Gasteiger partial charge in [0.2, 0.25) is 15.9 Å². The van der Waals surface area contributed by atoms with Crippen molar-refractivity contribution < 1.29 is 17.9 Å². The lowest BCUT2D eigenvalue weighted by molar-refractivity contribution is -0.123. The van der Waals surface area contributed by atoms with Gasteiger partial charge in [0.1, 0.15) is 0 Å². The SMILES string of the molecule is O=C(CC1CCCO1)NCCS(=O)(=O)N1CCc2ccccc21. The van der Waals surface area contributed by atoms with E-state index in [1.807, 2.05) is 24.3 Å². The molecule has 1 saturated heterocycles. The second-order valence-electron chi connectivity index (χ2n) is 5.96. The van der Waals surface area contributed by atoms with Gasteiger partial charge >= 0.3 is 0 Å². The minimum atomic E-state index is -3.41. The van der Waals surface area contributed by atoms with Gasteiger partial charge in [0.15, 0.2) is 0 Å². The molecule has 0 bridgehead atoms. The van der Waals surface area contributed by atoms with Crippen LogP contribution in [0.2, 0.25) is 0 Å². The Kier molecular flexibility index (Phi) is 4.87. The molecule has 1 amide bonds. The quantitative estimate of drug-likeness (QED) is 0.842. The van der Waals surface area contributed by atoms with E-state index in [-0.39, 0.29) is 24.3 Å². The summed E-state index contributed by atoms with van der Waals surface area (Å²) in [6, 6.07) is 7.54. The number of nitrogens with zero attached hydrogens (tertiary/aromatic N) is 1. The van der Waals surface area contributed by atoms with Crippen LogP contribution in [0.15, 0.2) is 24.3 Å². The average molecular weight is 338 g/mol. The van der Waals surface area contributed by atoms with Gasteiger partial charge in [-0.05, 0) is 30.9 Å². The van der Waals surface area contributed by atoms with E-state index in [4.69, 9.17) is 4.74 Å². The molecule has 1 fully saturated rings. The third-order valence-corrected chi connectivity index (χ3v) is 6.07.